The van der Waals surface area contributed by atoms with Gasteiger partial charge in [0.2, 0.25) is 0 Å². The molecule has 0 amide bonds. The highest BCUT2D eigenvalue weighted by molar-refractivity contribution is 5.32. The molecule has 0 spiro atoms. The Hall–Kier alpha value is -1.50. The average Bonchev–Trinajstić information content (AvgIpc) is 2.38. The van der Waals surface area contributed by atoms with Crippen LogP contribution in [0.1, 0.15) is 19.4 Å². The highest BCUT2D eigenvalue weighted by atomic mass is 16.7. The van der Waals surface area contributed by atoms with Crippen LogP contribution in [-0.2, 0) is 20.8 Å². The largest absolute Gasteiger partial charge is 0.369 e. The molecule has 0 N–H and O–H groups in total. The van der Waals surface area contributed by atoms with Gasteiger partial charge in [-0.15, -0.1) is 0 Å². The highest BCUT2D eigenvalue weighted by Gasteiger charge is 2.28. The minimum Gasteiger partial charge on any atom is -0.369 e. The summed E-state index contributed by atoms with van der Waals surface area (Å²) in [7, 11) is 0. The van der Waals surface area contributed by atoms with Crippen LogP contribution in [0.5, 0.6) is 0 Å². The van der Waals surface area contributed by atoms with E-state index < -0.39 is 10.7 Å². The molecule has 0 bridgehead atoms. The third-order valence-corrected chi connectivity index (χ3v) is 2.87. The molecule has 1 aromatic rings. The molecule has 104 valence electrons. The van der Waals surface area contributed by atoms with Gasteiger partial charge >= 0.3 is 0 Å². The molecule has 0 atom stereocenters. The van der Waals surface area contributed by atoms with Crippen LogP contribution in [0.2, 0.25) is 0 Å². The topological polar surface area (TPSA) is 70.8 Å². The van der Waals surface area contributed by atoms with E-state index in [2.05, 4.69) is 0 Å². The van der Waals surface area contributed by atoms with Crippen molar-refractivity contribution >= 4 is 5.69 Å². The van der Waals surface area contributed by atoms with Crippen molar-refractivity contribution in [1.82, 2.24) is 0 Å². The van der Waals surface area contributed by atoms with Crippen LogP contribution in [0, 0.1) is 10.1 Å². The van der Waals surface area contributed by atoms with Gasteiger partial charge in [0.25, 0.3) is 5.69 Å². The van der Waals surface area contributed by atoms with Crippen LogP contribution in [0.15, 0.2) is 24.3 Å². The van der Waals surface area contributed by atoms with Gasteiger partial charge in [0, 0.05) is 12.1 Å². The van der Waals surface area contributed by atoms with E-state index in [1.54, 1.807) is 12.1 Å². The van der Waals surface area contributed by atoms with Crippen molar-refractivity contribution in [2.45, 2.75) is 32.3 Å². The standard InChI is InChI=1S/C13H17NO5/c1-13(2)18-8-12(9-19-13)17-7-10-3-5-11(6-4-10)14(15)16/h3-6,12H,7-9H2,1-2H3. The summed E-state index contributed by atoms with van der Waals surface area (Å²) >= 11 is 0. The summed E-state index contributed by atoms with van der Waals surface area (Å²) in [6.07, 6.45) is -0.108. The van der Waals surface area contributed by atoms with Crippen LogP contribution < -0.4 is 0 Å². The SMILES string of the molecule is CC1(C)OCC(OCc2ccc([N+](=O)[O-])cc2)CO1. The number of nitrogens with zero attached hydrogens (tertiary/aromatic N) is 1. The summed E-state index contributed by atoms with van der Waals surface area (Å²) < 4.78 is 16.6. The van der Waals surface area contributed by atoms with Gasteiger partial charge in [0.1, 0.15) is 6.10 Å². The first-order valence-electron chi connectivity index (χ1n) is 6.09. The van der Waals surface area contributed by atoms with Crippen molar-refractivity contribution in [3.63, 3.8) is 0 Å². The summed E-state index contributed by atoms with van der Waals surface area (Å²) in [5.41, 5.74) is 0.963. The Balaban J connectivity index is 1.81. The molecule has 1 aliphatic rings. The van der Waals surface area contributed by atoms with Gasteiger partial charge in [0.05, 0.1) is 24.7 Å². The molecule has 1 heterocycles. The van der Waals surface area contributed by atoms with Crippen molar-refractivity contribution in [2.75, 3.05) is 13.2 Å². The summed E-state index contributed by atoms with van der Waals surface area (Å²) in [6.45, 7) is 5.08. The Morgan fingerprint density at radius 1 is 1.32 bits per heavy atom. The second-order valence-corrected chi connectivity index (χ2v) is 4.88. The lowest BCUT2D eigenvalue weighted by molar-refractivity contribution is -0.384. The van der Waals surface area contributed by atoms with E-state index >= 15 is 0 Å². The van der Waals surface area contributed by atoms with Gasteiger partial charge in [-0.05, 0) is 31.5 Å². The maximum atomic E-state index is 10.5. The fourth-order valence-corrected chi connectivity index (χ4v) is 1.70. The van der Waals surface area contributed by atoms with E-state index in [1.165, 1.54) is 12.1 Å². The lowest BCUT2D eigenvalue weighted by Gasteiger charge is -2.34. The zero-order valence-electron chi connectivity index (χ0n) is 11.0. The Morgan fingerprint density at radius 3 is 2.42 bits per heavy atom. The number of hydrogen-bond donors (Lipinski definition) is 0. The molecule has 6 heteroatoms. The van der Waals surface area contributed by atoms with Crippen molar-refractivity contribution < 1.29 is 19.1 Å². The molecule has 1 fully saturated rings. The number of rotatable bonds is 4. The van der Waals surface area contributed by atoms with E-state index in [-0.39, 0.29) is 11.8 Å². The highest BCUT2D eigenvalue weighted by Crippen LogP contribution is 2.19. The minimum absolute atomic E-state index is 0.0785. The van der Waals surface area contributed by atoms with Crippen LogP contribution >= 0.6 is 0 Å². The third-order valence-electron chi connectivity index (χ3n) is 2.87. The van der Waals surface area contributed by atoms with Crippen molar-refractivity contribution in [2.24, 2.45) is 0 Å². The van der Waals surface area contributed by atoms with E-state index in [4.69, 9.17) is 14.2 Å². The van der Waals surface area contributed by atoms with Gasteiger partial charge in [-0.1, -0.05) is 0 Å². The zero-order valence-corrected chi connectivity index (χ0v) is 11.0. The van der Waals surface area contributed by atoms with Gasteiger partial charge in [-0.3, -0.25) is 10.1 Å². The Bertz CT molecular complexity index is 433. The Labute approximate surface area is 111 Å². The van der Waals surface area contributed by atoms with Gasteiger partial charge < -0.3 is 14.2 Å². The smallest absolute Gasteiger partial charge is 0.269 e. The Kier molecular flexibility index (Phi) is 4.14. The van der Waals surface area contributed by atoms with Crippen LogP contribution in [-0.4, -0.2) is 30.0 Å². The fourth-order valence-electron chi connectivity index (χ4n) is 1.70. The van der Waals surface area contributed by atoms with Crippen molar-refractivity contribution in [3.05, 3.63) is 39.9 Å². The lowest BCUT2D eigenvalue weighted by atomic mass is 10.2. The predicted molar refractivity (Wildman–Crippen MR) is 67.7 cm³/mol. The van der Waals surface area contributed by atoms with Crippen LogP contribution in [0.3, 0.4) is 0 Å². The number of nitro benzene ring substituents is 1. The van der Waals surface area contributed by atoms with Crippen LogP contribution in [0.4, 0.5) is 5.69 Å². The van der Waals surface area contributed by atoms with Gasteiger partial charge in [-0.2, -0.15) is 0 Å². The first kappa shape index (κ1) is 13.9. The summed E-state index contributed by atoms with van der Waals surface area (Å²) in [6, 6.07) is 6.31. The molecule has 0 aromatic heterocycles. The number of benzene rings is 1. The van der Waals surface area contributed by atoms with Gasteiger partial charge in [-0.25, -0.2) is 0 Å². The van der Waals surface area contributed by atoms with E-state index in [0.717, 1.165) is 5.56 Å². The summed E-state index contributed by atoms with van der Waals surface area (Å²) in [5, 5.41) is 10.5. The number of nitro groups is 1. The molecule has 19 heavy (non-hydrogen) atoms. The number of ether oxygens (including phenoxy) is 3. The van der Waals surface area contributed by atoms with E-state index in [1.807, 2.05) is 13.8 Å². The van der Waals surface area contributed by atoms with E-state index in [9.17, 15) is 10.1 Å². The molecular weight excluding hydrogens is 250 g/mol. The first-order valence-corrected chi connectivity index (χ1v) is 6.09. The third kappa shape index (κ3) is 3.99. The monoisotopic (exact) mass is 267 g/mol. The quantitative estimate of drug-likeness (QED) is 0.618. The Morgan fingerprint density at radius 2 is 1.89 bits per heavy atom. The normalized spacial score (nSPS) is 19.3. The second kappa shape index (κ2) is 5.64. The molecule has 0 unspecified atom stereocenters. The fraction of sp³-hybridized carbons (Fsp3) is 0.538. The predicted octanol–water partition coefficient (Wildman–Crippen LogP) is 2.26. The molecule has 0 aliphatic carbocycles. The average molecular weight is 267 g/mol. The molecule has 0 saturated carbocycles. The molecule has 1 aromatic carbocycles. The second-order valence-electron chi connectivity index (χ2n) is 4.88. The lowest BCUT2D eigenvalue weighted by Crippen LogP contribution is -2.43. The molecule has 2 rings (SSSR count). The summed E-state index contributed by atoms with van der Waals surface area (Å²) in [4.78, 5) is 10.1. The maximum Gasteiger partial charge on any atom is 0.269 e. The molecular formula is C13H17NO5. The zero-order chi connectivity index (χ0) is 13.9. The summed E-state index contributed by atoms with van der Waals surface area (Å²) in [5.74, 6) is -0.548. The maximum absolute atomic E-state index is 10.5. The van der Waals surface area contributed by atoms with Crippen LogP contribution in [0.25, 0.3) is 0 Å². The molecule has 1 saturated heterocycles. The molecule has 1 aliphatic heterocycles. The molecule has 6 nitrogen and oxygen atoms in total. The van der Waals surface area contributed by atoms with Crippen molar-refractivity contribution in [3.8, 4) is 0 Å². The molecule has 0 radical (unpaired) electrons. The number of hydrogen-bond acceptors (Lipinski definition) is 5. The first-order chi connectivity index (χ1) is 8.96. The number of non-ortho nitro benzene ring substituents is 1. The van der Waals surface area contributed by atoms with Crippen molar-refractivity contribution in [1.29, 1.82) is 0 Å². The van der Waals surface area contributed by atoms with E-state index in [0.29, 0.717) is 19.8 Å². The minimum atomic E-state index is -0.548. The van der Waals surface area contributed by atoms with Gasteiger partial charge in [0.15, 0.2) is 5.79 Å².